The molecule has 0 saturated heterocycles. The van der Waals surface area contributed by atoms with Crippen LogP contribution in [-0.2, 0) is 10.3 Å². The minimum Gasteiger partial charge on any atom is -0.339 e. The molecule has 1 amide bonds. The van der Waals surface area contributed by atoms with E-state index in [1.54, 1.807) is 11.8 Å². The molecule has 4 nitrogen and oxygen atoms in total. The molecule has 2 fully saturated rings. The molecule has 2 saturated carbocycles. The fourth-order valence-corrected chi connectivity index (χ4v) is 5.17. The highest BCUT2D eigenvalue weighted by atomic mass is 32.2. The summed E-state index contributed by atoms with van der Waals surface area (Å²) in [6, 6.07) is 11.0. The fraction of sp³-hybridized carbons (Fsp3) is 0.720. The van der Waals surface area contributed by atoms with Crippen molar-refractivity contribution in [2.24, 2.45) is 11.8 Å². The molecule has 0 radical (unpaired) electrons. The van der Waals surface area contributed by atoms with E-state index in [2.05, 4.69) is 60.0 Å². The van der Waals surface area contributed by atoms with Crippen molar-refractivity contribution in [1.82, 2.24) is 15.5 Å². The molecule has 1 aromatic rings. The van der Waals surface area contributed by atoms with Crippen molar-refractivity contribution >= 4 is 17.7 Å². The highest BCUT2D eigenvalue weighted by Gasteiger charge is 2.41. The monoisotopic (exact) mass is 431 g/mol. The fourth-order valence-electron chi connectivity index (χ4n) is 4.93. The summed E-state index contributed by atoms with van der Waals surface area (Å²) < 4.78 is -0.400. The normalized spacial score (nSPS) is 26.3. The molecule has 1 unspecified atom stereocenters. The maximum Gasteiger partial charge on any atom is 0.236 e. The standard InChI is InChI=1S/C25H41N3OS/c1-24(2,30-5)23(29)27-22(26-18-19-10-9-11-19)20-14-16-25(17-15-20,28(3)4)21-12-7-6-8-13-21/h6-8,12-13,19-20,22,26H,9-11,14-18H2,1-5H3,(H,27,29). The molecule has 168 valence electrons. The predicted octanol–water partition coefficient (Wildman–Crippen LogP) is 4.61. The molecule has 2 aliphatic carbocycles. The van der Waals surface area contributed by atoms with Crippen LogP contribution in [0.3, 0.4) is 0 Å². The smallest absolute Gasteiger partial charge is 0.236 e. The minimum atomic E-state index is -0.400. The zero-order chi connectivity index (χ0) is 21.8. The Hall–Kier alpha value is -1.04. The average molecular weight is 432 g/mol. The van der Waals surface area contributed by atoms with Gasteiger partial charge in [-0.05, 0) is 96.7 Å². The number of hydrogen-bond acceptors (Lipinski definition) is 4. The highest BCUT2D eigenvalue weighted by Crippen LogP contribution is 2.43. The van der Waals surface area contributed by atoms with E-state index in [-0.39, 0.29) is 17.6 Å². The maximum absolute atomic E-state index is 13.0. The van der Waals surface area contributed by atoms with E-state index >= 15 is 0 Å². The van der Waals surface area contributed by atoms with Gasteiger partial charge in [-0.1, -0.05) is 36.8 Å². The van der Waals surface area contributed by atoms with Gasteiger partial charge in [0.25, 0.3) is 0 Å². The summed E-state index contributed by atoms with van der Waals surface area (Å²) in [6.07, 6.45) is 10.6. The largest absolute Gasteiger partial charge is 0.339 e. The molecule has 0 aromatic heterocycles. The van der Waals surface area contributed by atoms with Gasteiger partial charge in [-0.15, -0.1) is 11.8 Å². The number of hydrogen-bond donors (Lipinski definition) is 2. The van der Waals surface area contributed by atoms with Crippen molar-refractivity contribution in [2.75, 3.05) is 26.9 Å². The van der Waals surface area contributed by atoms with Gasteiger partial charge in [0.15, 0.2) is 0 Å². The van der Waals surface area contributed by atoms with E-state index in [1.165, 1.54) is 24.8 Å². The lowest BCUT2D eigenvalue weighted by Gasteiger charge is -2.47. The predicted molar refractivity (Wildman–Crippen MR) is 129 cm³/mol. The van der Waals surface area contributed by atoms with Crippen LogP contribution in [0.15, 0.2) is 30.3 Å². The van der Waals surface area contributed by atoms with Crippen molar-refractivity contribution in [3.63, 3.8) is 0 Å². The first-order valence-electron chi connectivity index (χ1n) is 11.6. The van der Waals surface area contributed by atoms with Gasteiger partial charge in [0.1, 0.15) is 0 Å². The lowest BCUT2D eigenvalue weighted by molar-refractivity contribution is -0.124. The minimum absolute atomic E-state index is 0.0699. The number of carbonyl (C=O) groups excluding carboxylic acids is 1. The van der Waals surface area contributed by atoms with Crippen molar-refractivity contribution in [3.05, 3.63) is 35.9 Å². The lowest BCUT2D eigenvalue weighted by atomic mass is 9.71. The van der Waals surface area contributed by atoms with Crippen LogP contribution in [-0.4, -0.2) is 48.6 Å². The molecule has 30 heavy (non-hydrogen) atoms. The van der Waals surface area contributed by atoms with Gasteiger partial charge in [-0.25, -0.2) is 0 Å². The van der Waals surface area contributed by atoms with E-state index in [0.29, 0.717) is 5.92 Å². The van der Waals surface area contributed by atoms with Crippen LogP contribution in [0.1, 0.15) is 64.4 Å². The third-order valence-electron chi connectivity index (χ3n) is 7.69. The Balaban J connectivity index is 1.70. The molecule has 1 aromatic carbocycles. The number of nitrogens with zero attached hydrogens (tertiary/aromatic N) is 1. The summed E-state index contributed by atoms with van der Waals surface area (Å²) in [5.74, 6) is 1.41. The van der Waals surface area contributed by atoms with Gasteiger partial charge in [-0.3, -0.25) is 15.0 Å². The topological polar surface area (TPSA) is 44.4 Å². The van der Waals surface area contributed by atoms with E-state index in [1.807, 2.05) is 20.1 Å². The molecular weight excluding hydrogens is 390 g/mol. The maximum atomic E-state index is 13.0. The molecule has 0 heterocycles. The molecular formula is C25H41N3OS. The van der Waals surface area contributed by atoms with Gasteiger partial charge in [0.05, 0.1) is 10.9 Å². The Kier molecular flexibility index (Phi) is 7.92. The van der Waals surface area contributed by atoms with Crippen molar-refractivity contribution in [2.45, 2.75) is 75.2 Å². The van der Waals surface area contributed by atoms with Crippen LogP contribution in [0.25, 0.3) is 0 Å². The van der Waals surface area contributed by atoms with Gasteiger partial charge in [0, 0.05) is 5.54 Å². The molecule has 3 rings (SSSR count). The first-order valence-corrected chi connectivity index (χ1v) is 12.8. The number of carbonyl (C=O) groups is 1. The quantitative estimate of drug-likeness (QED) is 0.561. The number of benzene rings is 1. The van der Waals surface area contributed by atoms with Crippen molar-refractivity contribution in [3.8, 4) is 0 Å². The van der Waals surface area contributed by atoms with Crippen LogP contribution >= 0.6 is 11.8 Å². The Morgan fingerprint density at radius 2 is 1.80 bits per heavy atom. The van der Waals surface area contributed by atoms with Gasteiger partial charge in [0.2, 0.25) is 5.91 Å². The Morgan fingerprint density at radius 1 is 1.17 bits per heavy atom. The Morgan fingerprint density at radius 3 is 2.30 bits per heavy atom. The van der Waals surface area contributed by atoms with Crippen molar-refractivity contribution < 1.29 is 4.79 Å². The second-order valence-electron chi connectivity index (χ2n) is 10.0. The first-order chi connectivity index (χ1) is 14.3. The van der Waals surface area contributed by atoms with E-state index in [0.717, 1.165) is 38.1 Å². The van der Waals surface area contributed by atoms with E-state index in [9.17, 15) is 4.79 Å². The third kappa shape index (κ3) is 5.23. The Labute approximate surface area is 187 Å². The van der Waals surface area contributed by atoms with Crippen molar-refractivity contribution in [1.29, 1.82) is 0 Å². The van der Waals surface area contributed by atoms with Gasteiger partial charge in [-0.2, -0.15) is 0 Å². The summed E-state index contributed by atoms with van der Waals surface area (Å²) >= 11 is 1.62. The van der Waals surface area contributed by atoms with E-state index < -0.39 is 4.75 Å². The first kappa shape index (κ1) is 23.6. The highest BCUT2D eigenvalue weighted by molar-refractivity contribution is 8.00. The summed E-state index contributed by atoms with van der Waals surface area (Å²) in [7, 11) is 4.42. The molecule has 0 bridgehead atoms. The van der Waals surface area contributed by atoms with Crippen LogP contribution in [0, 0.1) is 11.8 Å². The van der Waals surface area contributed by atoms with Crippen LogP contribution in [0.5, 0.6) is 0 Å². The molecule has 0 spiro atoms. The zero-order valence-corrected chi connectivity index (χ0v) is 20.4. The number of thioether (sulfide) groups is 1. The zero-order valence-electron chi connectivity index (χ0n) is 19.5. The van der Waals surface area contributed by atoms with Gasteiger partial charge >= 0.3 is 0 Å². The second kappa shape index (κ2) is 10.1. The molecule has 2 N–H and O–H groups in total. The van der Waals surface area contributed by atoms with Crippen LogP contribution in [0.4, 0.5) is 0 Å². The molecule has 1 atom stereocenters. The summed E-state index contributed by atoms with van der Waals surface area (Å²) in [6.45, 7) is 5.06. The number of amides is 1. The third-order valence-corrected chi connectivity index (χ3v) is 8.90. The second-order valence-corrected chi connectivity index (χ2v) is 11.4. The molecule has 5 heteroatoms. The number of rotatable bonds is 9. The average Bonchev–Trinajstić information content (AvgIpc) is 2.72. The Bertz CT molecular complexity index is 679. The molecule has 2 aliphatic rings. The van der Waals surface area contributed by atoms with Crippen LogP contribution < -0.4 is 10.6 Å². The number of nitrogens with one attached hydrogen (secondary N) is 2. The van der Waals surface area contributed by atoms with Crippen LogP contribution in [0.2, 0.25) is 0 Å². The lowest BCUT2D eigenvalue weighted by Crippen LogP contribution is -2.57. The summed E-state index contributed by atoms with van der Waals surface area (Å²) in [5.41, 5.74) is 1.51. The summed E-state index contributed by atoms with van der Waals surface area (Å²) in [4.78, 5) is 15.4. The SMILES string of the molecule is CSC(C)(C)C(=O)NC(NCC1CCC1)C1CCC(c2ccccc2)(N(C)C)CC1. The van der Waals surface area contributed by atoms with E-state index in [4.69, 9.17) is 0 Å². The molecule has 0 aliphatic heterocycles. The van der Waals surface area contributed by atoms with Gasteiger partial charge < -0.3 is 5.32 Å². The summed E-state index contributed by atoms with van der Waals surface area (Å²) in [5, 5.41) is 7.15.